The zero-order valence-electron chi connectivity index (χ0n) is 28.2. The van der Waals surface area contributed by atoms with Crippen LogP contribution in [0.3, 0.4) is 0 Å². The molecule has 4 aromatic rings. The zero-order chi connectivity index (χ0) is 35.4. The van der Waals surface area contributed by atoms with Gasteiger partial charge in [-0.3, -0.25) is 0 Å². The van der Waals surface area contributed by atoms with Gasteiger partial charge in [-0.1, -0.05) is 121 Å². The third kappa shape index (κ3) is 9.86. The number of hydrogen-bond acceptors (Lipinski definition) is 11. The van der Waals surface area contributed by atoms with Gasteiger partial charge in [-0.2, -0.15) is 0 Å². The van der Waals surface area contributed by atoms with Gasteiger partial charge < -0.3 is 53.6 Å². The Balaban J connectivity index is 1.30. The molecule has 2 aliphatic rings. The molecule has 2 aliphatic heterocycles. The van der Waals surface area contributed by atoms with Gasteiger partial charge in [0, 0.05) is 0 Å². The highest BCUT2D eigenvalue weighted by Crippen LogP contribution is 2.34. The van der Waals surface area contributed by atoms with Crippen molar-refractivity contribution in [3.8, 4) is 0 Å². The third-order valence-electron chi connectivity index (χ3n) is 9.01. The summed E-state index contributed by atoms with van der Waals surface area (Å²) >= 11 is 0. The van der Waals surface area contributed by atoms with E-state index in [1.165, 1.54) is 0 Å². The van der Waals surface area contributed by atoms with Gasteiger partial charge >= 0.3 is 0 Å². The number of benzene rings is 4. The molecule has 11 nitrogen and oxygen atoms in total. The van der Waals surface area contributed by atoms with Crippen LogP contribution in [0.5, 0.6) is 0 Å². The zero-order valence-corrected chi connectivity index (χ0v) is 28.2. The molecule has 0 aliphatic carbocycles. The van der Waals surface area contributed by atoms with Crippen molar-refractivity contribution in [3.63, 3.8) is 0 Å². The molecule has 2 fully saturated rings. The lowest BCUT2D eigenvalue weighted by Gasteiger charge is -2.48. The monoisotopic (exact) mass is 702 g/mol. The highest BCUT2D eigenvalue weighted by Gasteiger charge is 2.52. The minimum Gasteiger partial charge on any atom is -0.394 e. The predicted molar refractivity (Wildman–Crippen MR) is 185 cm³/mol. The maximum atomic E-state index is 11.4. The fourth-order valence-corrected chi connectivity index (χ4v) is 6.24. The van der Waals surface area contributed by atoms with Crippen molar-refractivity contribution in [2.75, 3.05) is 13.2 Å². The van der Waals surface area contributed by atoms with Gasteiger partial charge in [0.05, 0.1) is 39.6 Å². The maximum absolute atomic E-state index is 11.4. The van der Waals surface area contributed by atoms with Gasteiger partial charge in [0.15, 0.2) is 12.6 Å². The summed E-state index contributed by atoms with van der Waals surface area (Å²) < 4.78 is 44.4. The van der Waals surface area contributed by atoms with E-state index in [0.29, 0.717) is 0 Å². The number of ether oxygens (including phenoxy) is 7. The van der Waals surface area contributed by atoms with Crippen LogP contribution in [0, 0.1) is 0 Å². The molecular formula is C40H46O11. The molecule has 51 heavy (non-hydrogen) atoms. The van der Waals surface area contributed by atoms with E-state index >= 15 is 0 Å². The van der Waals surface area contributed by atoms with Crippen LogP contribution in [-0.4, -0.2) is 95.1 Å². The molecule has 10 atom stereocenters. The second-order valence-electron chi connectivity index (χ2n) is 12.6. The fourth-order valence-electron chi connectivity index (χ4n) is 6.24. The van der Waals surface area contributed by atoms with Crippen LogP contribution >= 0.6 is 0 Å². The SMILES string of the molecule is OC[C@@H]1O[C@H](O[C@H]2O[C@H](CO)[C@H](O)[C@H](OCc3ccccc3)[C@@H]2OCc2ccccc2)[C@H](OCc2ccccc2)[C@@H](OCc2ccccc2)[C@@H]1O. The molecule has 6 rings (SSSR count). The molecule has 4 N–H and O–H groups in total. The molecule has 4 aromatic carbocycles. The topological polar surface area (TPSA) is 146 Å². The first-order valence-electron chi connectivity index (χ1n) is 17.2. The number of hydrogen-bond donors (Lipinski definition) is 4. The van der Waals surface area contributed by atoms with Crippen LogP contribution in [0.2, 0.25) is 0 Å². The molecule has 0 amide bonds. The Kier molecular flexibility index (Phi) is 13.7. The normalized spacial score (nSPS) is 29.5. The highest BCUT2D eigenvalue weighted by atomic mass is 16.8. The van der Waals surface area contributed by atoms with E-state index in [2.05, 4.69) is 0 Å². The number of aliphatic hydroxyl groups excluding tert-OH is 4. The largest absolute Gasteiger partial charge is 0.394 e. The second kappa shape index (κ2) is 18.8. The Morgan fingerprint density at radius 3 is 0.961 bits per heavy atom. The van der Waals surface area contributed by atoms with Crippen molar-refractivity contribution < 1.29 is 53.6 Å². The smallest absolute Gasteiger partial charge is 0.190 e. The molecular weight excluding hydrogens is 656 g/mol. The third-order valence-corrected chi connectivity index (χ3v) is 9.01. The minimum absolute atomic E-state index is 0.136. The average molecular weight is 703 g/mol. The van der Waals surface area contributed by atoms with Crippen LogP contribution in [0.4, 0.5) is 0 Å². The quantitative estimate of drug-likeness (QED) is 0.136. The van der Waals surface area contributed by atoms with E-state index in [-0.39, 0.29) is 26.4 Å². The summed E-state index contributed by atoms with van der Waals surface area (Å²) in [7, 11) is 0. The lowest BCUT2D eigenvalue weighted by atomic mass is 9.97. The Morgan fingerprint density at radius 1 is 0.412 bits per heavy atom. The van der Waals surface area contributed by atoms with Crippen LogP contribution in [0.1, 0.15) is 22.3 Å². The Bertz CT molecular complexity index is 1430. The van der Waals surface area contributed by atoms with Crippen molar-refractivity contribution in [1.82, 2.24) is 0 Å². The van der Waals surface area contributed by atoms with Gasteiger partial charge in [0.1, 0.15) is 48.8 Å². The van der Waals surface area contributed by atoms with Crippen LogP contribution < -0.4 is 0 Å². The summed E-state index contributed by atoms with van der Waals surface area (Å²) in [6.07, 6.45) is -11.3. The van der Waals surface area contributed by atoms with Crippen LogP contribution in [0.15, 0.2) is 121 Å². The van der Waals surface area contributed by atoms with Crippen molar-refractivity contribution >= 4 is 0 Å². The molecule has 0 unspecified atom stereocenters. The Hall–Kier alpha value is -3.56. The average Bonchev–Trinajstić information content (AvgIpc) is 3.18. The fraction of sp³-hybridized carbons (Fsp3) is 0.400. The summed E-state index contributed by atoms with van der Waals surface area (Å²) in [6.45, 7) is -0.492. The van der Waals surface area contributed by atoms with E-state index < -0.39 is 74.6 Å². The molecule has 0 spiro atoms. The Morgan fingerprint density at radius 2 is 0.686 bits per heavy atom. The maximum Gasteiger partial charge on any atom is 0.190 e. The van der Waals surface area contributed by atoms with Gasteiger partial charge in [-0.15, -0.1) is 0 Å². The molecule has 272 valence electrons. The lowest BCUT2D eigenvalue weighted by molar-refractivity contribution is -0.389. The number of aliphatic hydroxyl groups is 4. The molecule has 11 heteroatoms. The van der Waals surface area contributed by atoms with Gasteiger partial charge in [0.25, 0.3) is 0 Å². The molecule has 2 saturated heterocycles. The van der Waals surface area contributed by atoms with Crippen molar-refractivity contribution in [2.24, 2.45) is 0 Å². The predicted octanol–water partition coefficient (Wildman–Crippen LogP) is 3.50. The summed E-state index contributed by atoms with van der Waals surface area (Å²) in [5.74, 6) is 0. The Labute approximate surface area is 297 Å². The van der Waals surface area contributed by atoms with E-state index in [1.807, 2.05) is 121 Å². The summed E-state index contributed by atoms with van der Waals surface area (Å²) in [5, 5.41) is 43.4. The van der Waals surface area contributed by atoms with Crippen molar-refractivity contribution in [1.29, 1.82) is 0 Å². The van der Waals surface area contributed by atoms with Gasteiger partial charge in [-0.05, 0) is 22.3 Å². The first-order chi connectivity index (χ1) is 25.0. The van der Waals surface area contributed by atoms with E-state index in [1.54, 1.807) is 0 Å². The first kappa shape index (κ1) is 37.2. The standard InChI is InChI=1S/C40H46O11/c41-21-31-33(43)35(45-23-27-13-5-1-6-14-27)37(47-25-29-17-9-3-10-18-29)39(49-31)51-40-38(48-26-30-19-11-4-12-20-30)36(34(44)32(22-42)50-40)46-24-28-15-7-2-8-16-28/h1-20,31-44H,21-26H2/t31-,32+,33+,34-,35-,36-,37+,38-,39+,40+/m0/s1. The lowest BCUT2D eigenvalue weighted by Crippen LogP contribution is -2.65. The molecule has 2 heterocycles. The van der Waals surface area contributed by atoms with Crippen molar-refractivity contribution in [2.45, 2.75) is 87.8 Å². The molecule has 0 saturated carbocycles. The van der Waals surface area contributed by atoms with Crippen LogP contribution in [-0.2, 0) is 59.6 Å². The minimum atomic E-state index is -1.27. The molecule has 0 bridgehead atoms. The van der Waals surface area contributed by atoms with Crippen molar-refractivity contribution in [3.05, 3.63) is 144 Å². The van der Waals surface area contributed by atoms with Gasteiger partial charge in [0.2, 0.25) is 0 Å². The van der Waals surface area contributed by atoms with E-state index in [0.717, 1.165) is 22.3 Å². The summed E-state index contributed by atoms with van der Waals surface area (Å²) in [6, 6.07) is 38.0. The first-order valence-corrected chi connectivity index (χ1v) is 17.2. The molecule has 0 radical (unpaired) electrons. The second-order valence-corrected chi connectivity index (χ2v) is 12.6. The van der Waals surface area contributed by atoms with E-state index in [4.69, 9.17) is 33.2 Å². The van der Waals surface area contributed by atoms with Crippen LogP contribution in [0.25, 0.3) is 0 Å². The summed E-state index contributed by atoms with van der Waals surface area (Å²) in [5.41, 5.74) is 3.48. The highest BCUT2D eigenvalue weighted by molar-refractivity contribution is 5.16. The summed E-state index contributed by atoms with van der Waals surface area (Å²) in [4.78, 5) is 0. The van der Waals surface area contributed by atoms with Gasteiger partial charge in [-0.25, -0.2) is 0 Å². The van der Waals surface area contributed by atoms with E-state index in [9.17, 15) is 20.4 Å². The molecule has 0 aromatic heterocycles. The number of rotatable bonds is 16.